The first kappa shape index (κ1) is 12.5. The van der Waals surface area contributed by atoms with Gasteiger partial charge in [-0.15, -0.1) is 0 Å². The molecule has 102 valence electrons. The van der Waals surface area contributed by atoms with Crippen LogP contribution in [0, 0.1) is 11.3 Å². The van der Waals surface area contributed by atoms with Crippen LogP contribution in [0.25, 0.3) is 0 Å². The number of hydrogen-bond acceptors (Lipinski definition) is 2. The van der Waals surface area contributed by atoms with E-state index >= 15 is 0 Å². The third kappa shape index (κ3) is 1.97. The van der Waals surface area contributed by atoms with Gasteiger partial charge >= 0.3 is 0 Å². The molecule has 0 radical (unpaired) electrons. The second kappa shape index (κ2) is 4.22. The summed E-state index contributed by atoms with van der Waals surface area (Å²) in [7, 11) is 0. The highest BCUT2D eigenvalue weighted by Gasteiger charge is 2.47. The SMILES string of the molecule is CC1(N)CCCCC1C(=O)N1CCC2(CCC2)C1. The molecule has 2 atom stereocenters. The number of nitrogens with two attached hydrogens (primary N) is 1. The molecule has 3 nitrogen and oxygen atoms in total. The maximum absolute atomic E-state index is 12.7. The fraction of sp³-hybridized carbons (Fsp3) is 0.933. The molecular weight excluding hydrogens is 224 g/mol. The van der Waals surface area contributed by atoms with E-state index in [-0.39, 0.29) is 11.5 Å². The lowest BCUT2D eigenvalue weighted by atomic mass is 9.68. The minimum atomic E-state index is -0.273. The van der Waals surface area contributed by atoms with Crippen LogP contribution in [0.3, 0.4) is 0 Å². The quantitative estimate of drug-likeness (QED) is 0.776. The second-order valence-corrected chi connectivity index (χ2v) is 7.17. The van der Waals surface area contributed by atoms with Gasteiger partial charge < -0.3 is 10.6 Å². The molecular formula is C15H26N2O. The van der Waals surface area contributed by atoms with Crippen molar-refractivity contribution < 1.29 is 4.79 Å². The molecule has 1 heterocycles. The van der Waals surface area contributed by atoms with Crippen LogP contribution in [0.4, 0.5) is 0 Å². The number of rotatable bonds is 1. The molecule has 18 heavy (non-hydrogen) atoms. The third-order valence-corrected chi connectivity index (χ3v) is 5.72. The Kier molecular flexibility index (Phi) is 2.92. The Morgan fingerprint density at radius 3 is 2.50 bits per heavy atom. The highest BCUT2D eigenvalue weighted by Crippen LogP contribution is 2.48. The van der Waals surface area contributed by atoms with E-state index in [0.29, 0.717) is 11.3 Å². The van der Waals surface area contributed by atoms with Crippen LogP contribution in [0.5, 0.6) is 0 Å². The van der Waals surface area contributed by atoms with Gasteiger partial charge in [0.05, 0.1) is 5.92 Å². The molecule has 1 amide bonds. The number of hydrogen-bond donors (Lipinski definition) is 1. The molecule has 3 rings (SSSR count). The van der Waals surface area contributed by atoms with E-state index in [2.05, 4.69) is 11.8 Å². The van der Waals surface area contributed by atoms with Crippen molar-refractivity contribution in [3.8, 4) is 0 Å². The molecule has 2 saturated carbocycles. The lowest BCUT2D eigenvalue weighted by Gasteiger charge is -2.41. The van der Waals surface area contributed by atoms with Crippen LogP contribution < -0.4 is 5.73 Å². The molecule has 3 heteroatoms. The first-order valence-corrected chi connectivity index (χ1v) is 7.60. The zero-order chi connectivity index (χ0) is 12.8. The van der Waals surface area contributed by atoms with Gasteiger partial charge in [-0.2, -0.15) is 0 Å². The summed E-state index contributed by atoms with van der Waals surface area (Å²) in [6.07, 6.45) is 9.61. The van der Waals surface area contributed by atoms with Gasteiger partial charge in [0.1, 0.15) is 0 Å². The molecule has 1 spiro atoms. The summed E-state index contributed by atoms with van der Waals surface area (Å²) in [5.74, 6) is 0.421. The van der Waals surface area contributed by atoms with Gasteiger partial charge in [0.2, 0.25) is 5.91 Å². The second-order valence-electron chi connectivity index (χ2n) is 7.17. The number of carbonyl (C=O) groups is 1. The molecule has 1 aliphatic heterocycles. The summed E-state index contributed by atoms with van der Waals surface area (Å²) < 4.78 is 0. The summed E-state index contributed by atoms with van der Waals surface area (Å²) >= 11 is 0. The van der Waals surface area contributed by atoms with Crippen molar-refractivity contribution in [1.29, 1.82) is 0 Å². The third-order valence-electron chi connectivity index (χ3n) is 5.72. The average Bonchev–Trinajstić information content (AvgIpc) is 2.72. The minimum absolute atomic E-state index is 0.0708. The summed E-state index contributed by atoms with van der Waals surface area (Å²) in [6, 6.07) is 0. The Bertz CT molecular complexity index is 346. The van der Waals surface area contributed by atoms with Gasteiger partial charge in [0, 0.05) is 18.6 Å². The molecule has 0 aromatic heterocycles. The number of amides is 1. The Morgan fingerprint density at radius 1 is 1.17 bits per heavy atom. The van der Waals surface area contributed by atoms with Gasteiger partial charge in [-0.1, -0.05) is 19.3 Å². The lowest BCUT2D eigenvalue weighted by molar-refractivity contribution is -0.138. The molecule has 2 aliphatic carbocycles. The first-order chi connectivity index (χ1) is 8.53. The molecule has 1 saturated heterocycles. The number of nitrogens with zero attached hydrogens (tertiary/aromatic N) is 1. The zero-order valence-corrected chi connectivity index (χ0v) is 11.6. The number of carbonyl (C=O) groups excluding carboxylic acids is 1. The van der Waals surface area contributed by atoms with Gasteiger partial charge in [0.15, 0.2) is 0 Å². The topological polar surface area (TPSA) is 46.3 Å². The van der Waals surface area contributed by atoms with E-state index in [1.165, 1.54) is 38.5 Å². The van der Waals surface area contributed by atoms with Gasteiger partial charge in [-0.05, 0) is 44.4 Å². The fourth-order valence-electron chi connectivity index (χ4n) is 4.19. The molecule has 0 aromatic carbocycles. The van der Waals surface area contributed by atoms with Crippen LogP contribution in [-0.2, 0) is 4.79 Å². The molecule has 0 aromatic rings. The standard InChI is InChI=1S/C15H26N2O/c1-14(16)6-3-2-5-12(14)13(18)17-10-9-15(11-17)7-4-8-15/h12H,2-11,16H2,1H3. The Balaban J connectivity index is 1.67. The van der Waals surface area contributed by atoms with Crippen molar-refractivity contribution in [3.05, 3.63) is 0 Å². The summed E-state index contributed by atoms with van der Waals surface area (Å²) in [6.45, 7) is 4.06. The summed E-state index contributed by atoms with van der Waals surface area (Å²) in [4.78, 5) is 14.8. The molecule has 0 bridgehead atoms. The molecule has 2 N–H and O–H groups in total. The molecule has 2 unspecified atom stereocenters. The van der Waals surface area contributed by atoms with Crippen LogP contribution in [-0.4, -0.2) is 29.4 Å². The van der Waals surface area contributed by atoms with E-state index in [1.807, 2.05) is 0 Å². The summed E-state index contributed by atoms with van der Waals surface area (Å²) in [5, 5.41) is 0. The van der Waals surface area contributed by atoms with E-state index in [1.54, 1.807) is 0 Å². The Morgan fingerprint density at radius 2 is 1.94 bits per heavy atom. The van der Waals surface area contributed by atoms with Crippen molar-refractivity contribution in [2.75, 3.05) is 13.1 Å². The minimum Gasteiger partial charge on any atom is -0.342 e. The van der Waals surface area contributed by atoms with Gasteiger partial charge in [0.25, 0.3) is 0 Å². The predicted octanol–water partition coefficient (Wildman–Crippen LogP) is 2.30. The van der Waals surface area contributed by atoms with Crippen LogP contribution in [0.15, 0.2) is 0 Å². The van der Waals surface area contributed by atoms with Crippen LogP contribution in [0.1, 0.15) is 58.3 Å². The van der Waals surface area contributed by atoms with Crippen LogP contribution in [0.2, 0.25) is 0 Å². The van der Waals surface area contributed by atoms with Crippen molar-refractivity contribution in [3.63, 3.8) is 0 Å². The largest absolute Gasteiger partial charge is 0.342 e. The summed E-state index contributed by atoms with van der Waals surface area (Å²) in [5.41, 5.74) is 6.59. The van der Waals surface area contributed by atoms with Gasteiger partial charge in [-0.3, -0.25) is 4.79 Å². The van der Waals surface area contributed by atoms with E-state index in [4.69, 9.17) is 5.73 Å². The maximum Gasteiger partial charge on any atom is 0.227 e. The lowest BCUT2D eigenvalue weighted by Crippen LogP contribution is -2.53. The maximum atomic E-state index is 12.7. The van der Waals surface area contributed by atoms with Crippen molar-refractivity contribution in [2.45, 2.75) is 63.8 Å². The van der Waals surface area contributed by atoms with Crippen molar-refractivity contribution in [2.24, 2.45) is 17.1 Å². The van der Waals surface area contributed by atoms with Crippen LogP contribution >= 0.6 is 0 Å². The van der Waals surface area contributed by atoms with Gasteiger partial charge in [-0.25, -0.2) is 0 Å². The van der Waals surface area contributed by atoms with E-state index in [0.717, 1.165) is 25.9 Å². The molecule has 3 fully saturated rings. The van der Waals surface area contributed by atoms with Crippen molar-refractivity contribution in [1.82, 2.24) is 4.90 Å². The predicted molar refractivity (Wildman–Crippen MR) is 72.0 cm³/mol. The highest BCUT2D eigenvalue weighted by atomic mass is 16.2. The normalized spacial score (nSPS) is 38.8. The average molecular weight is 250 g/mol. The zero-order valence-electron chi connectivity index (χ0n) is 11.6. The first-order valence-electron chi connectivity index (χ1n) is 7.60. The fourth-order valence-corrected chi connectivity index (χ4v) is 4.19. The monoisotopic (exact) mass is 250 g/mol. The Hall–Kier alpha value is -0.570. The van der Waals surface area contributed by atoms with E-state index < -0.39 is 0 Å². The molecule has 3 aliphatic rings. The van der Waals surface area contributed by atoms with E-state index in [9.17, 15) is 4.79 Å². The smallest absolute Gasteiger partial charge is 0.227 e. The highest BCUT2D eigenvalue weighted by molar-refractivity contribution is 5.80. The number of likely N-dealkylation sites (tertiary alicyclic amines) is 1. The Labute approximate surface area is 110 Å². The van der Waals surface area contributed by atoms with Crippen molar-refractivity contribution >= 4 is 5.91 Å².